The van der Waals surface area contributed by atoms with Crippen molar-refractivity contribution >= 4 is 23.2 Å². The van der Waals surface area contributed by atoms with Gasteiger partial charge >= 0.3 is 0 Å². The van der Waals surface area contributed by atoms with Gasteiger partial charge in [0.1, 0.15) is 0 Å². The highest BCUT2D eigenvalue weighted by Crippen LogP contribution is 2.33. The fourth-order valence-corrected chi connectivity index (χ4v) is 1.84. The van der Waals surface area contributed by atoms with E-state index in [9.17, 15) is 4.79 Å². The molecule has 0 radical (unpaired) electrons. The van der Waals surface area contributed by atoms with Gasteiger partial charge < -0.3 is 10.1 Å². The number of ether oxygens (including phenoxy) is 1. The molecule has 1 amide bonds. The molecular formula is C12H14ClNO2. The highest BCUT2D eigenvalue weighted by atomic mass is 35.5. The van der Waals surface area contributed by atoms with E-state index in [1.165, 1.54) is 0 Å². The van der Waals surface area contributed by atoms with Crippen molar-refractivity contribution in [1.82, 2.24) is 0 Å². The zero-order valence-corrected chi connectivity index (χ0v) is 9.88. The number of benzene rings is 1. The van der Waals surface area contributed by atoms with Gasteiger partial charge in [0, 0.05) is 0 Å². The fraction of sp³-hybridized carbons (Fsp3) is 0.417. The van der Waals surface area contributed by atoms with Crippen molar-refractivity contribution in [2.24, 2.45) is 5.41 Å². The van der Waals surface area contributed by atoms with Gasteiger partial charge in [0.15, 0.2) is 0 Å². The third kappa shape index (κ3) is 1.93. The van der Waals surface area contributed by atoms with Crippen molar-refractivity contribution in [3.8, 4) is 0 Å². The lowest BCUT2D eigenvalue weighted by Crippen LogP contribution is -2.51. The number of carbonyl (C=O) groups excluding carboxylic acids is 1. The van der Waals surface area contributed by atoms with Crippen molar-refractivity contribution in [1.29, 1.82) is 0 Å². The topological polar surface area (TPSA) is 38.3 Å². The van der Waals surface area contributed by atoms with Gasteiger partial charge in [-0.25, -0.2) is 0 Å². The first-order valence-corrected chi connectivity index (χ1v) is 5.69. The van der Waals surface area contributed by atoms with E-state index in [4.69, 9.17) is 16.3 Å². The van der Waals surface area contributed by atoms with Gasteiger partial charge in [-0.05, 0) is 18.6 Å². The fourth-order valence-electron chi connectivity index (χ4n) is 1.66. The van der Waals surface area contributed by atoms with Crippen LogP contribution in [0.5, 0.6) is 0 Å². The molecular weight excluding hydrogens is 226 g/mol. The summed E-state index contributed by atoms with van der Waals surface area (Å²) in [6, 6.07) is 7.23. The summed E-state index contributed by atoms with van der Waals surface area (Å²) < 4.78 is 5.12. The summed E-state index contributed by atoms with van der Waals surface area (Å²) in [5.41, 5.74) is 0.299. The van der Waals surface area contributed by atoms with Gasteiger partial charge in [-0.1, -0.05) is 30.7 Å². The molecule has 1 aromatic rings. The van der Waals surface area contributed by atoms with Crippen LogP contribution in [-0.2, 0) is 9.53 Å². The van der Waals surface area contributed by atoms with Crippen LogP contribution in [0.2, 0.25) is 5.02 Å². The molecule has 0 atom stereocenters. The molecule has 16 heavy (non-hydrogen) atoms. The summed E-state index contributed by atoms with van der Waals surface area (Å²) in [5.74, 6) is -0.00523. The van der Waals surface area contributed by atoms with Crippen LogP contribution in [0.1, 0.15) is 13.3 Å². The van der Waals surface area contributed by atoms with Crippen molar-refractivity contribution in [2.45, 2.75) is 13.3 Å². The molecule has 0 bridgehead atoms. The summed E-state index contributed by atoms with van der Waals surface area (Å²) in [4.78, 5) is 12.1. The van der Waals surface area contributed by atoms with E-state index in [1.807, 2.05) is 19.1 Å². The van der Waals surface area contributed by atoms with Gasteiger partial charge in [-0.3, -0.25) is 4.79 Å². The summed E-state index contributed by atoms with van der Waals surface area (Å²) in [6.45, 7) is 2.99. The Balaban J connectivity index is 2.10. The number of carbonyl (C=O) groups is 1. The largest absolute Gasteiger partial charge is 0.379 e. The van der Waals surface area contributed by atoms with Crippen LogP contribution >= 0.6 is 11.6 Å². The Kier molecular flexibility index (Phi) is 3.17. The van der Waals surface area contributed by atoms with Crippen LogP contribution in [-0.4, -0.2) is 19.1 Å². The van der Waals surface area contributed by atoms with Crippen LogP contribution in [0.25, 0.3) is 0 Å². The summed E-state index contributed by atoms with van der Waals surface area (Å²) in [7, 11) is 0. The molecule has 0 spiro atoms. The molecule has 1 N–H and O–H groups in total. The molecule has 4 heteroatoms. The second kappa shape index (κ2) is 4.44. The van der Waals surface area contributed by atoms with Gasteiger partial charge in [0.05, 0.1) is 29.3 Å². The second-order valence-corrected chi connectivity index (χ2v) is 4.47. The summed E-state index contributed by atoms with van der Waals surface area (Å²) in [5, 5.41) is 3.41. The number of halogens is 1. The smallest absolute Gasteiger partial charge is 0.235 e. The molecule has 1 aromatic carbocycles. The normalized spacial score (nSPS) is 17.6. The predicted octanol–water partition coefficient (Wildman–Crippen LogP) is 2.71. The van der Waals surface area contributed by atoms with E-state index in [0.29, 0.717) is 23.9 Å². The van der Waals surface area contributed by atoms with Crippen LogP contribution < -0.4 is 5.32 Å². The molecule has 0 unspecified atom stereocenters. The maximum atomic E-state index is 12.1. The van der Waals surface area contributed by atoms with Crippen molar-refractivity contribution in [3.05, 3.63) is 29.3 Å². The molecule has 0 aromatic heterocycles. The van der Waals surface area contributed by atoms with E-state index in [2.05, 4.69) is 5.32 Å². The molecule has 1 aliphatic heterocycles. The maximum absolute atomic E-state index is 12.1. The highest BCUT2D eigenvalue weighted by Gasteiger charge is 2.44. The van der Waals surface area contributed by atoms with E-state index in [0.717, 1.165) is 6.42 Å². The Bertz CT molecular complexity index is 396. The Morgan fingerprint density at radius 1 is 1.50 bits per heavy atom. The first-order valence-electron chi connectivity index (χ1n) is 5.32. The number of anilines is 1. The van der Waals surface area contributed by atoms with E-state index in [1.54, 1.807) is 12.1 Å². The number of hydrogen-bond acceptors (Lipinski definition) is 2. The Labute approximate surface area is 99.7 Å². The maximum Gasteiger partial charge on any atom is 0.235 e. The van der Waals surface area contributed by atoms with Crippen LogP contribution in [0.3, 0.4) is 0 Å². The minimum atomic E-state index is -0.362. The average Bonchev–Trinajstić information content (AvgIpc) is 2.21. The van der Waals surface area contributed by atoms with Crippen LogP contribution in [0, 0.1) is 5.41 Å². The number of amides is 1. The minimum Gasteiger partial charge on any atom is -0.379 e. The molecule has 1 heterocycles. The second-order valence-electron chi connectivity index (χ2n) is 4.06. The third-order valence-electron chi connectivity index (χ3n) is 3.04. The quantitative estimate of drug-likeness (QED) is 0.881. The van der Waals surface area contributed by atoms with Crippen molar-refractivity contribution < 1.29 is 9.53 Å². The summed E-state index contributed by atoms with van der Waals surface area (Å²) >= 11 is 5.98. The molecule has 1 saturated heterocycles. The number of nitrogens with one attached hydrogen (secondary N) is 1. The van der Waals surface area contributed by atoms with E-state index < -0.39 is 0 Å². The Morgan fingerprint density at radius 3 is 2.69 bits per heavy atom. The lowest BCUT2D eigenvalue weighted by atomic mass is 9.82. The zero-order chi connectivity index (χ0) is 11.6. The molecule has 0 aliphatic carbocycles. The lowest BCUT2D eigenvalue weighted by Gasteiger charge is -2.39. The highest BCUT2D eigenvalue weighted by molar-refractivity contribution is 6.33. The molecule has 1 aliphatic rings. The van der Waals surface area contributed by atoms with Crippen molar-refractivity contribution in [2.75, 3.05) is 18.5 Å². The number of rotatable bonds is 3. The average molecular weight is 240 g/mol. The lowest BCUT2D eigenvalue weighted by molar-refractivity contribution is -0.156. The van der Waals surface area contributed by atoms with Gasteiger partial charge in [0.2, 0.25) is 5.91 Å². The van der Waals surface area contributed by atoms with Gasteiger partial charge in [-0.2, -0.15) is 0 Å². The molecule has 86 valence electrons. The zero-order valence-electron chi connectivity index (χ0n) is 9.13. The molecule has 2 rings (SSSR count). The monoisotopic (exact) mass is 239 g/mol. The Morgan fingerprint density at radius 2 is 2.19 bits per heavy atom. The van der Waals surface area contributed by atoms with Gasteiger partial charge in [0.25, 0.3) is 0 Å². The standard InChI is InChI=1S/C12H14ClNO2/c1-2-12(7-16-8-12)11(15)14-10-6-4-3-5-9(10)13/h3-6H,2,7-8H2,1H3,(H,14,15). The molecule has 1 fully saturated rings. The predicted molar refractivity (Wildman–Crippen MR) is 63.6 cm³/mol. The summed E-state index contributed by atoms with van der Waals surface area (Å²) in [6.07, 6.45) is 0.781. The molecule has 3 nitrogen and oxygen atoms in total. The van der Waals surface area contributed by atoms with E-state index >= 15 is 0 Å². The van der Waals surface area contributed by atoms with Crippen molar-refractivity contribution in [3.63, 3.8) is 0 Å². The SMILES string of the molecule is CCC1(C(=O)Nc2ccccc2Cl)COC1. The van der Waals surface area contributed by atoms with E-state index in [-0.39, 0.29) is 11.3 Å². The Hall–Kier alpha value is -1.06. The first kappa shape index (κ1) is 11.4. The van der Waals surface area contributed by atoms with Crippen LogP contribution in [0.4, 0.5) is 5.69 Å². The first-order chi connectivity index (χ1) is 7.68. The number of para-hydroxylation sites is 1. The molecule has 0 saturated carbocycles. The van der Waals surface area contributed by atoms with Gasteiger partial charge in [-0.15, -0.1) is 0 Å². The van der Waals surface area contributed by atoms with Crippen LogP contribution in [0.15, 0.2) is 24.3 Å². The minimum absolute atomic E-state index is 0.00523. The number of hydrogen-bond donors (Lipinski definition) is 1. The third-order valence-corrected chi connectivity index (χ3v) is 3.37.